The van der Waals surface area contributed by atoms with Gasteiger partial charge in [0.15, 0.2) is 0 Å². The van der Waals surface area contributed by atoms with Crippen LogP contribution in [0.5, 0.6) is 5.75 Å². The molecule has 0 amide bonds. The molecular weight excluding hydrogens is 380 g/mol. The van der Waals surface area contributed by atoms with Crippen LogP contribution in [0.4, 0.5) is 11.5 Å². The number of rotatable bonds is 2. The van der Waals surface area contributed by atoms with Crippen LogP contribution >= 0.6 is 0 Å². The Bertz CT molecular complexity index is 1440. The summed E-state index contributed by atoms with van der Waals surface area (Å²) in [5.74, 6) is 1.54. The van der Waals surface area contributed by atoms with Gasteiger partial charge in [-0.15, -0.1) is 0 Å². The summed E-state index contributed by atoms with van der Waals surface area (Å²) in [4.78, 5) is 22.2. The summed E-state index contributed by atoms with van der Waals surface area (Å²) in [5.41, 5.74) is 4.22. The molecule has 2 N–H and O–H groups in total. The second kappa shape index (κ2) is 6.28. The first-order valence-electron chi connectivity index (χ1n) is 9.55. The SMILES string of the molecule is CC1=Nc2c3c(cc(-c4cnn(C)c4)nc(=O)c3cn2-c2c(C)ccc(O)c2C)N1. The molecule has 0 fully saturated rings. The average Bonchev–Trinajstić information content (AvgIpc) is 3.25. The first-order chi connectivity index (χ1) is 14.3. The molecule has 150 valence electrons. The summed E-state index contributed by atoms with van der Waals surface area (Å²) in [6, 6.07) is 5.38. The number of hydrogen-bond donors (Lipinski definition) is 2. The quantitative estimate of drug-likeness (QED) is 0.536. The maximum absolute atomic E-state index is 13.1. The minimum Gasteiger partial charge on any atom is -0.508 e. The van der Waals surface area contributed by atoms with E-state index in [1.54, 1.807) is 23.1 Å². The number of aryl methyl sites for hydroxylation is 2. The fourth-order valence-electron chi connectivity index (χ4n) is 3.99. The number of phenolic OH excluding ortho intramolecular Hbond substituents is 1. The van der Waals surface area contributed by atoms with Gasteiger partial charge in [-0.3, -0.25) is 14.0 Å². The molecule has 1 aliphatic rings. The Labute approximate surface area is 172 Å². The number of benzene rings is 1. The summed E-state index contributed by atoms with van der Waals surface area (Å²) in [7, 11) is 1.82. The maximum Gasteiger partial charge on any atom is 0.279 e. The normalized spacial score (nSPS) is 12.7. The molecule has 0 radical (unpaired) electrons. The fourth-order valence-corrected chi connectivity index (χ4v) is 3.99. The molecule has 1 aliphatic heterocycles. The van der Waals surface area contributed by atoms with Gasteiger partial charge in [0.25, 0.3) is 5.56 Å². The van der Waals surface area contributed by atoms with Crippen molar-refractivity contribution in [1.82, 2.24) is 19.3 Å². The minimum atomic E-state index is -0.345. The number of hydrogen-bond acceptors (Lipinski definition) is 6. The highest BCUT2D eigenvalue weighted by molar-refractivity contribution is 6.13. The van der Waals surface area contributed by atoms with Crippen molar-refractivity contribution in [3.05, 3.63) is 58.3 Å². The Morgan fingerprint density at radius 2 is 1.93 bits per heavy atom. The van der Waals surface area contributed by atoms with Gasteiger partial charge in [0, 0.05) is 30.6 Å². The van der Waals surface area contributed by atoms with Crippen molar-refractivity contribution in [1.29, 1.82) is 0 Å². The van der Waals surface area contributed by atoms with E-state index in [0.717, 1.165) is 28.1 Å². The maximum atomic E-state index is 13.1. The van der Waals surface area contributed by atoms with E-state index in [1.807, 2.05) is 50.7 Å². The first-order valence-corrected chi connectivity index (χ1v) is 9.55. The molecule has 0 saturated carbocycles. The van der Waals surface area contributed by atoms with Crippen molar-refractivity contribution in [3.8, 4) is 22.7 Å². The predicted molar refractivity (Wildman–Crippen MR) is 117 cm³/mol. The van der Waals surface area contributed by atoms with Crippen LogP contribution < -0.4 is 10.9 Å². The Morgan fingerprint density at radius 1 is 1.13 bits per heavy atom. The molecule has 4 aromatic rings. The van der Waals surface area contributed by atoms with Gasteiger partial charge < -0.3 is 10.4 Å². The summed E-state index contributed by atoms with van der Waals surface area (Å²) in [6.45, 7) is 5.69. The van der Waals surface area contributed by atoms with Gasteiger partial charge >= 0.3 is 0 Å². The molecular formula is C22H20N6O2. The number of anilines is 1. The largest absolute Gasteiger partial charge is 0.508 e. The van der Waals surface area contributed by atoms with E-state index in [2.05, 4.69) is 15.4 Å². The van der Waals surface area contributed by atoms with Crippen LogP contribution in [0.15, 0.2) is 46.6 Å². The number of nitrogens with one attached hydrogen (secondary N) is 1. The molecule has 30 heavy (non-hydrogen) atoms. The highest BCUT2D eigenvalue weighted by Gasteiger charge is 2.23. The number of aromatic hydroxyl groups is 1. The van der Waals surface area contributed by atoms with Crippen LogP contribution in [0.1, 0.15) is 18.1 Å². The van der Waals surface area contributed by atoms with E-state index in [-0.39, 0.29) is 11.3 Å². The molecule has 4 heterocycles. The van der Waals surface area contributed by atoms with Gasteiger partial charge in [0.05, 0.1) is 34.0 Å². The van der Waals surface area contributed by atoms with Gasteiger partial charge in [0.1, 0.15) is 17.4 Å². The topological polar surface area (TPSA) is 97.3 Å². The van der Waals surface area contributed by atoms with E-state index in [9.17, 15) is 9.90 Å². The van der Waals surface area contributed by atoms with Crippen LogP contribution in [0.2, 0.25) is 0 Å². The number of amidine groups is 1. The van der Waals surface area contributed by atoms with E-state index in [4.69, 9.17) is 4.99 Å². The number of nitrogens with zero attached hydrogens (tertiary/aromatic N) is 5. The Kier molecular flexibility index (Phi) is 3.79. The molecule has 5 rings (SSSR count). The lowest BCUT2D eigenvalue weighted by atomic mass is 10.1. The molecule has 8 heteroatoms. The summed E-state index contributed by atoms with van der Waals surface area (Å²) in [5, 5.41) is 18.9. The van der Waals surface area contributed by atoms with Crippen molar-refractivity contribution in [2.45, 2.75) is 20.8 Å². The molecule has 8 nitrogen and oxygen atoms in total. The van der Waals surface area contributed by atoms with Crippen molar-refractivity contribution in [2.75, 3.05) is 5.32 Å². The Balaban J connectivity index is 1.88. The lowest BCUT2D eigenvalue weighted by Crippen LogP contribution is -2.10. The van der Waals surface area contributed by atoms with Gasteiger partial charge in [-0.1, -0.05) is 6.07 Å². The van der Waals surface area contributed by atoms with Crippen LogP contribution in [-0.2, 0) is 7.05 Å². The third-order valence-electron chi connectivity index (χ3n) is 5.42. The number of aromatic nitrogens is 4. The Hall–Kier alpha value is -3.94. The zero-order valence-electron chi connectivity index (χ0n) is 17.1. The highest BCUT2D eigenvalue weighted by Crippen LogP contribution is 2.40. The molecule has 0 bridgehead atoms. The van der Waals surface area contributed by atoms with Crippen LogP contribution in [0.3, 0.4) is 0 Å². The lowest BCUT2D eigenvalue weighted by Gasteiger charge is -2.17. The Morgan fingerprint density at radius 3 is 2.67 bits per heavy atom. The third-order valence-corrected chi connectivity index (χ3v) is 5.42. The van der Waals surface area contributed by atoms with Gasteiger partial charge in [0.2, 0.25) is 0 Å². The summed E-state index contributed by atoms with van der Waals surface area (Å²) < 4.78 is 3.54. The van der Waals surface area contributed by atoms with E-state index in [0.29, 0.717) is 28.1 Å². The minimum absolute atomic E-state index is 0.195. The molecule has 1 aromatic carbocycles. The molecule has 0 aliphatic carbocycles. The van der Waals surface area contributed by atoms with Crippen LogP contribution in [-0.4, -0.2) is 30.3 Å². The van der Waals surface area contributed by atoms with Gasteiger partial charge in [-0.2, -0.15) is 5.10 Å². The first kappa shape index (κ1) is 18.1. The zero-order chi connectivity index (χ0) is 21.2. The molecule has 3 aromatic heterocycles. The van der Waals surface area contributed by atoms with Gasteiger partial charge in [-0.05, 0) is 38.5 Å². The van der Waals surface area contributed by atoms with E-state index >= 15 is 0 Å². The highest BCUT2D eigenvalue weighted by atomic mass is 16.3. The van der Waals surface area contributed by atoms with E-state index in [1.165, 1.54) is 0 Å². The van der Waals surface area contributed by atoms with Crippen LogP contribution in [0.25, 0.3) is 27.7 Å². The van der Waals surface area contributed by atoms with Crippen molar-refractivity contribution >= 4 is 28.1 Å². The molecule has 0 spiro atoms. The molecule has 0 atom stereocenters. The smallest absolute Gasteiger partial charge is 0.279 e. The predicted octanol–water partition coefficient (Wildman–Crippen LogP) is 3.58. The second-order valence-corrected chi connectivity index (χ2v) is 7.57. The molecule has 0 saturated heterocycles. The fraction of sp³-hybridized carbons (Fsp3) is 0.182. The number of phenols is 1. The molecule has 0 unspecified atom stereocenters. The monoisotopic (exact) mass is 400 g/mol. The zero-order valence-corrected chi connectivity index (χ0v) is 17.1. The second-order valence-electron chi connectivity index (χ2n) is 7.57. The lowest BCUT2D eigenvalue weighted by molar-refractivity contribution is 0.470. The summed E-state index contributed by atoms with van der Waals surface area (Å²) in [6.07, 6.45) is 5.27. The van der Waals surface area contributed by atoms with Gasteiger partial charge in [-0.25, -0.2) is 9.98 Å². The van der Waals surface area contributed by atoms with E-state index < -0.39 is 0 Å². The number of aliphatic imine (C=N–C) groups is 1. The van der Waals surface area contributed by atoms with Crippen molar-refractivity contribution in [2.24, 2.45) is 12.0 Å². The van der Waals surface area contributed by atoms with Crippen LogP contribution in [0, 0.1) is 13.8 Å². The standard InChI is InChI=1S/C22H20N6O2/c1-11-5-6-18(29)12(2)20(11)28-10-15-19-17(24-13(3)25-21(19)28)7-16(26-22(15)30)14-8-23-27(4)9-14/h5-10,29H,1-4H3,(H,24,25). The summed E-state index contributed by atoms with van der Waals surface area (Å²) >= 11 is 0. The van der Waals surface area contributed by atoms with Crippen molar-refractivity contribution < 1.29 is 5.11 Å². The average molecular weight is 400 g/mol. The third kappa shape index (κ3) is 2.61. The van der Waals surface area contributed by atoms with Crippen molar-refractivity contribution in [3.63, 3.8) is 0 Å².